The summed E-state index contributed by atoms with van der Waals surface area (Å²) >= 11 is 0. The fourth-order valence-corrected chi connectivity index (χ4v) is 5.30. The number of carbonyl (C=O) groups excluding carboxylic acids is 2. The van der Waals surface area contributed by atoms with Crippen molar-refractivity contribution >= 4 is 23.2 Å². The molecule has 0 radical (unpaired) electrons. The zero-order chi connectivity index (χ0) is 31.1. The molecule has 1 N–H and O–H groups in total. The van der Waals surface area contributed by atoms with Gasteiger partial charge in [0.15, 0.2) is 0 Å². The molecular weight excluding hydrogens is 552 g/mol. The molecule has 0 spiro atoms. The highest BCUT2D eigenvalue weighted by Crippen LogP contribution is 2.44. The Bertz CT molecular complexity index is 1260. The van der Waals surface area contributed by atoms with Gasteiger partial charge in [0.25, 0.3) is 0 Å². The summed E-state index contributed by atoms with van der Waals surface area (Å²) in [4.78, 5) is 31.1. The number of halogens is 6. The van der Waals surface area contributed by atoms with Crippen molar-refractivity contribution in [3.63, 3.8) is 0 Å². The van der Waals surface area contributed by atoms with Gasteiger partial charge >= 0.3 is 12.4 Å². The van der Waals surface area contributed by atoms with Crippen molar-refractivity contribution in [3.8, 4) is 0 Å². The molecule has 0 unspecified atom stereocenters. The number of anilines is 2. The Balaban J connectivity index is 2.14. The largest absolute Gasteiger partial charge is 0.416 e. The van der Waals surface area contributed by atoms with Gasteiger partial charge in [-0.15, -0.1) is 0 Å². The Morgan fingerprint density at radius 3 is 2.02 bits per heavy atom. The number of benzene rings is 2. The Labute approximate surface area is 235 Å². The van der Waals surface area contributed by atoms with Gasteiger partial charge in [-0.1, -0.05) is 25.1 Å². The van der Waals surface area contributed by atoms with E-state index in [4.69, 9.17) is 4.74 Å². The molecule has 0 saturated carbocycles. The number of alkyl halides is 6. The van der Waals surface area contributed by atoms with Crippen LogP contribution in [-0.2, 0) is 26.7 Å². The average Bonchev–Trinajstić information content (AvgIpc) is 3.08. The minimum absolute atomic E-state index is 0.00309. The van der Waals surface area contributed by atoms with Gasteiger partial charge in [0.05, 0.1) is 29.1 Å². The molecule has 1 aliphatic rings. The van der Waals surface area contributed by atoms with Gasteiger partial charge in [-0.25, -0.2) is 0 Å². The van der Waals surface area contributed by atoms with Gasteiger partial charge in [0.2, 0.25) is 11.8 Å². The first kappa shape index (κ1) is 32.4. The predicted octanol–water partition coefficient (Wildman–Crippen LogP) is 6.31. The Hall–Kier alpha value is -3.12. The van der Waals surface area contributed by atoms with Crippen molar-refractivity contribution in [1.82, 2.24) is 4.90 Å². The molecule has 1 fully saturated rings. The first-order chi connectivity index (χ1) is 18.7. The highest BCUT2D eigenvalue weighted by atomic mass is 19.4. The van der Waals surface area contributed by atoms with E-state index in [1.807, 2.05) is 45.9 Å². The van der Waals surface area contributed by atoms with Crippen molar-refractivity contribution in [2.24, 2.45) is 11.3 Å². The maximum Gasteiger partial charge on any atom is 0.416 e. The molecule has 2 amide bonds. The number of nitrogens with zero attached hydrogens (tertiary/aromatic N) is 2. The van der Waals surface area contributed by atoms with Gasteiger partial charge in [-0.3, -0.25) is 14.5 Å². The molecule has 41 heavy (non-hydrogen) atoms. The second-order valence-corrected chi connectivity index (χ2v) is 11.4. The topological polar surface area (TPSA) is 61.9 Å². The quantitative estimate of drug-likeness (QED) is 0.368. The number of ether oxygens (including phenoxy) is 1. The molecular formula is C29H35F6N3O3. The number of para-hydroxylation sites is 1. The number of aryl methyl sites for hydroxylation is 2. The second kappa shape index (κ2) is 11.3. The highest BCUT2D eigenvalue weighted by molar-refractivity contribution is 6.08. The summed E-state index contributed by atoms with van der Waals surface area (Å²) in [5.74, 6) is -2.20. The normalized spacial score (nSPS) is 20.2. The lowest BCUT2D eigenvalue weighted by Crippen LogP contribution is -2.55. The van der Waals surface area contributed by atoms with Crippen LogP contribution in [0.15, 0.2) is 36.4 Å². The summed E-state index contributed by atoms with van der Waals surface area (Å²) < 4.78 is 86.3. The van der Waals surface area contributed by atoms with Crippen LogP contribution < -0.4 is 10.2 Å². The monoisotopic (exact) mass is 587 g/mol. The Morgan fingerprint density at radius 1 is 1.05 bits per heavy atom. The molecule has 6 nitrogen and oxygen atoms in total. The summed E-state index contributed by atoms with van der Waals surface area (Å²) in [6.07, 6.45) is -10.2. The van der Waals surface area contributed by atoms with E-state index in [1.54, 1.807) is 18.9 Å². The van der Waals surface area contributed by atoms with E-state index in [0.29, 0.717) is 17.8 Å². The van der Waals surface area contributed by atoms with Crippen LogP contribution in [0, 0.1) is 25.2 Å². The van der Waals surface area contributed by atoms with Crippen LogP contribution in [0.3, 0.4) is 0 Å². The molecule has 12 heteroatoms. The number of amides is 2. The maximum atomic E-state index is 14.1. The fraction of sp³-hybridized carbons (Fsp3) is 0.517. The van der Waals surface area contributed by atoms with Crippen LogP contribution in [0.5, 0.6) is 0 Å². The van der Waals surface area contributed by atoms with Gasteiger partial charge in [0, 0.05) is 37.1 Å². The van der Waals surface area contributed by atoms with Crippen LogP contribution in [0.25, 0.3) is 0 Å². The molecule has 1 aliphatic heterocycles. The minimum atomic E-state index is -5.08. The first-order valence-corrected chi connectivity index (χ1v) is 12.9. The lowest BCUT2D eigenvalue weighted by molar-refractivity contribution is -0.143. The molecule has 1 saturated heterocycles. The lowest BCUT2D eigenvalue weighted by Gasteiger charge is -2.42. The smallest absolute Gasteiger partial charge is 0.383 e. The van der Waals surface area contributed by atoms with Gasteiger partial charge in [-0.05, 0) is 64.1 Å². The SMILES string of the molecule is COCC(C)(C)N(C)C[C@@]1(C(=O)Nc2cc(C(F)(F)F)cc(C(F)(F)F)c2)CN(c2c(C)cccc2C)C(=O)[C@H]1C. The number of hydrogen-bond donors (Lipinski definition) is 1. The molecule has 0 bridgehead atoms. The third-order valence-electron chi connectivity index (χ3n) is 7.96. The highest BCUT2D eigenvalue weighted by Gasteiger charge is 2.57. The Morgan fingerprint density at radius 2 is 1.56 bits per heavy atom. The van der Waals surface area contributed by atoms with Crippen molar-refractivity contribution in [2.75, 3.05) is 44.1 Å². The number of carbonyl (C=O) groups is 2. The van der Waals surface area contributed by atoms with Gasteiger partial charge < -0.3 is 15.0 Å². The van der Waals surface area contributed by atoms with Crippen LogP contribution >= 0.6 is 0 Å². The van der Waals surface area contributed by atoms with E-state index < -0.39 is 51.9 Å². The summed E-state index contributed by atoms with van der Waals surface area (Å²) in [6, 6.07) is 6.38. The summed E-state index contributed by atoms with van der Waals surface area (Å²) in [7, 11) is 3.23. The van der Waals surface area contributed by atoms with E-state index in [9.17, 15) is 35.9 Å². The van der Waals surface area contributed by atoms with E-state index in [0.717, 1.165) is 11.1 Å². The van der Waals surface area contributed by atoms with E-state index in [2.05, 4.69) is 5.32 Å². The standard InChI is InChI=1S/C29H35F6N3O3/c1-17-9-8-10-18(2)23(17)38-15-27(19(3)24(38)39,14-37(6)26(4,5)16-41-7)25(40)36-22-12-20(28(30,31)32)11-21(13-22)29(33,34)35/h8-13,19H,14-16H2,1-7H3,(H,36,40)/t19-,27-/m1/s1. The van der Waals surface area contributed by atoms with Crippen molar-refractivity contribution in [3.05, 3.63) is 58.7 Å². The summed E-state index contributed by atoms with van der Waals surface area (Å²) in [5, 5.41) is 2.31. The minimum Gasteiger partial charge on any atom is -0.383 e. The third-order valence-corrected chi connectivity index (χ3v) is 7.96. The number of methoxy groups -OCH3 is 1. The molecule has 3 rings (SSSR count). The number of nitrogens with one attached hydrogen (secondary N) is 1. The second-order valence-electron chi connectivity index (χ2n) is 11.4. The third kappa shape index (κ3) is 6.53. The van der Waals surface area contributed by atoms with E-state index in [1.165, 1.54) is 12.0 Å². The molecule has 2 aromatic carbocycles. The zero-order valence-electron chi connectivity index (χ0n) is 24.0. The van der Waals surface area contributed by atoms with Crippen LogP contribution in [0.1, 0.15) is 43.0 Å². The molecule has 0 aliphatic carbocycles. The van der Waals surface area contributed by atoms with Gasteiger partial charge in [-0.2, -0.15) is 26.3 Å². The summed E-state index contributed by atoms with van der Waals surface area (Å²) in [5.41, 5.74) is -3.78. The van der Waals surface area contributed by atoms with Crippen LogP contribution in [0.2, 0.25) is 0 Å². The number of likely N-dealkylation sites (N-methyl/N-ethyl adjacent to an activating group) is 1. The zero-order valence-corrected chi connectivity index (χ0v) is 24.0. The van der Waals surface area contributed by atoms with E-state index in [-0.39, 0.29) is 31.7 Å². The maximum absolute atomic E-state index is 14.1. The molecule has 1 heterocycles. The van der Waals surface area contributed by atoms with Gasteiger partial charge in [0.1, 0.15) is 0 Å². The first-order valence-electron chi connectivity index (χ1n) is 12.9. The summed E-state index contributed by atoms with van der Waals surface area (Å²) in [6.45, 7) is 8.99. The molecule has 0 aromatic heterocycles. The van der Waals surface area contributed by atoms with E-state index >= 15 is 0 Å². The van der Waals surface area contributed by atoms with Crippen LogP contribution in [-0.4, -0.2) is 56.1 Å². The van der Waals surface area contributed by atoms with Crippen LogP contribution in [0.4, 0.5) is 37.7 Å². The fourth-order valence-electron chi connectivity index (χ4n) is 5.30. The van der Waals surface area contributed by atoms with Crippen molar-refractivity contribution in [1.29, 1.82) is 0 Å². The predicted molar refractivity (Wildman–Crippen MR) is 144 cm³/mol. The molecule has 2 aromatic rings. The molecule has 2 atom stereocenters. The average molecular weight is 588 g/mol. The Kier molecular flexibility index (Phi) is 8.91. The van der Waals surface area contributed by atoms with Crippen molar-refractivity contribution in [2.45, 2.75) is 52.5 Å². The lowest BCUT2D eigenvalue weighted by atomic mass is 9.76. The van der Waals surface area contributed by atoms with Crippen molar-refractivity contribution < 1.29 is 40.7 Å². The number of hydrogen-bond acceptors (Lipinski definition) is 4. The molecule has 226 valence electrons. The number of rotatable bonds is 8.